The summed E-state index contributed by atoms with van der Waals surface area (Å²) in [6.45, 7) is 0.663. The number of rotatable bonds is 2. The minimum absolute atomic E-state index is 0.639. The summed E-state index contributed by atoms with van der Waals surface area (Å²) in [7, 11) is 0. The molecule has 1 N–H and O–H groups in total. The standard InChI is InChI=1S/C7H8F3NO2/c1-3(8)7(9,10)4-2-5(12)11-6(4)13/h3-4H,2H2,1H3,(H,11,12,13). The molecule has 0 aromatic carbocycles. The van der Waals surface area contributed by atoms with Crippen LogP contribution in [0, 0.1) is 5.92 Å². The molecule has 74 valence electrons. The molecule has 0 aromatic heterocycles. The van der Waals surface area contributed by atoms with Gasteiger partial charge in [-0.1, -0.05) is 0 Å². The van der Waals surface area contributed by atoms with E-state index in [1.54, 1.807) is 5.32 Å². The number of amides is 2. The largest absolute Gasteiger partial charge is 0.296 e. The minimum Gasteiger partial charge on any atom is -0.296 e. The minimum atomic E-state index is -3.77. The Morgan fingerprint density at radius 3 is 2.38 bits per heavy atom. The van der Waals surface area contributed by atoms with Gasteiger partial charge in [-0.15, -0.1) is 0 Å². The molecule has 1 fully saturated rings. The Morgan fingerprint density at radius 1 is 1.54 bits per heavy atom. The molecule has 1 aliphatic heterocycles. The van der Waals surface area contributed by atoms with Crippen LogP contribution < -0.4 is 5.32 Å². The lowest BCUT2D eigenvalue weighted by atomic mass is 9.96. The van der Waals surface area contributed by atoms with Gasteiger partial charge in [0.2, 0.25) is 11.8 Å². The molecule has 0 radical (unpaired) electrons. The van der Waals surface area contributed by atoms with Crippen LogP contribution in [0.1, 0.15) is 13.3 Å². The van der Waals surface area contributed by atoms with Crippen molar-refractivity contribution in [1.29, 1.82) is 0 Å². The van der Waals surface area contributed by atoms with Crippen LogP contribution in [0.5, 0.6) is 0 Å². The van der Waals surface area contributed by atoms with Gasteiger partial charge in [0, 0.05) is 6.42 Å². The van der Waals surface area contributed by atoms with Crippen LogP contribution in [0.3, 0.4) is 0 Å². The topological polar surface area (TPSA) is 46.2 Å². The third-order valence-electron chi connectivity index (χ3n) is 1.96. The molecule has 1 aliphatic rings. The maximum atomic E-state index is 12.9. The molecular weight excluding hydrogens is 187 g/mol. The summed E-state index contributed by atoms with van der Waals surface area (Å²) in [5.74, 6) is -7.51. The average molecular weight is 195 g/mol. The quantitative estimate of drug-likeness (QED) is 0.657. The number of hydrogen-bond donors (Lipinski definition) is 1. The van der Waals surface area contributed by atoms with Crippen molar-refractivity contribution in [2.45, 2.75) is 25.4 Å². The Kier molecular flexibility index (Phi) is 2.32. The second-order valence-corrected chi connectivity index (χ2v) is 2.96. The van der Waals surface area contributed by atoms with Gasteiger partial charge in [-0.3, -0.25) is 14.9 Å². The Morgan fingerprint density at radius 2 is 2.08 bits per heavy atom. The number of carbonyl (C=O) groups is 2. The van der Waals surface area contributed by atoms with Crippen LogP contribution in [0.25, 0.3) is 0 Å². The monoisotopic (exact) mass is 195 g/mol. The van der Waals surface area contributed by atoms with Crippen molar-refractivity contribution in [3.05, 3.63) is 0 Å². The Hall–Kier alpha value is -1.07. The summed E-state index contributed by atoms with van der Waals surface area (Å²) in [4.78, 5) is 21.3. The first-order valence-electron chi connectivity index (χ1n) is 3.71. The fourth-order valence-corrected chi connectivity index (χ4v) is 1.14. The van der Waals surface area contributed by atoms with Gasteiger partial charge in [-0.05, 0) is 6.92 Å². The van der Waals surface area contributed by atoms with E-state index in [0.717, 1.165) is 0 Å². The summed E-state index contributed by atoms with van der Waals surface area (Å²) in [6, 6.07) is 0. The van der Waals surface area contributed by atoms with Gasteiger partial charge in [0.05, 0.1) is 0 Å². The predicted molar refractivity (Wildman–Crippen MR) is 36.8 cm³/mol. The fourth-order valence-electron chi connectivity index (χ4n) is 1.14. The summed E-state index contributed by atoms with van der Waals surface area (Å²) < 4.78 is 38.2. The molecule has 1 saturated heterocycles. The number of imide groups is 1. The van der Waals surface area contributed by atoms with Gasteiger partial charge in [0.15, 0.2) is 6.17 Å². The van der Waals surface area contributed by atoms with E-state index in [9.17, 15) is 22.8 Å². The van der Waals surface area contributed by atoms with Crippen molar-refractivity contribution < 1.29 is 22.8 Å². The zero-order valence-corrected chi connectivity index (χ0v) is 6.81. The van der Waals surface area contributed by atoms with E-state index in [0.29, 0.717) is 6.92 Å². The first kappa shape index (κ1) is 10.0. The van der Waals surface area contributed by atoms with E-state index >= 15 is 0 Å². The van der Waals surface area contributed by atoms with Gasteiger partial charge in [0.25, 0.3) is 5.92 Å². The van der Waals surface area contributed by atoms with Gasteiger partial charge < -0.3 is 0 Å². The van der Waals surface area contributed by atoms with Crippen molar-refractivity contribution in [1.82, 2.24) is 5.32 Å². The maximum absolute atomic E-state index is 12.9. The average Bonchev–Trinajstić information content (AvgIpc) is 2.30. The van der Waals surface area contributed by atoms with Crippen LogP contribution in [-0.4, -0.2) is 23.9 Å². The van der Waals surface area contributed by atoms with Crippen molar-refractivity contribution in [2.24, 2.45) is 5.92 Å². The molecule has 0 bridgehead atoms. The summed E-state index contributed by atoms with van der Waals surface area (Å²) >= 11 is 0. The molecule has 2 atom stereocenters. The molecule has 3 nitrogen and oxygen atoms in total. The lowest BCUT2D eigenvalue weighted by Crippen LogP contribution is -2.40. The van der Waals surface area contributed by atoms with Gasteiger partial charge in [-0.25, -0.2) is 13.2 Å². The van der Waals surface area contributed by atoms with Gasteiger partial charge in [-0.2, -0.15) is 0 Å². The molecule has 2 unspecified atom stereocenters. The molecule has 1 rings (SSSR count). The zero-order valence-electron chi connectivity index (χ0n) is 6.81. The Balaban J connectivity index is 2.83. The van der Waals surface area contributed by atoms with Gasteiger partial charge in [0.1, 0.15) is 5.92 Å². The molecule has 6 heteroatoms. The highest BCUT2D eigenvalue weighted by molar-refractivity contribution is 6.04. The molecule has 0 aromatic rings. The summed E-state index contributed by atoms with van der Waals surface area (Å²) in [5.41, 5.74) is 0. The molecule has 0 saturated carbocycles. The molecule has 0 aliphatic carbocycles. The van der Waals surface area contributed by atoms with Gasteiger partial charge >= 0.3 is 0 Å². The fraction of sp³-hybridized carbons (Fsp3) is 0.714. The molecule has 1 heterocycles. The van der Waals surface area contributed by atoms with Crippen molar-refractivity contribution in [3.8, 4) is 0 Å². The van der Waals surface area contributed by atoms with Crippen molar-refractivity contribution >= 4 is 11.8 Å². The van der Waals surface area contributed by atoms with E-state index in [4.69, 9.17) is 0 Å². The normalized spacial score (nSPS) is 26.0. The molecule has 2 amide bonds. The lowest BCUT2D eigenvalue weighted by Gasteiger charge is -2.21. The Labute approximate surface area is 72.3 Å². The van der Waals surface area contributed by atoms with Crippen molar-refractivity contribution in [2.75, 3.05) is 0 Å². The first-order chi connectivity index (χ1) is 5.85. The van der Waals surface area contributed by atoms with Crippen LogP contribution in [0.4, 0.5) is 13.2 Å². The second kappa shape index (κ2) is 3.01. The number of hydrogen-bond acceptors (Lipinski definition) is 2. The van der Waals surface area contributed by atoms with Crippen molar-refractivity contribution in [3.63, 3.8) is 0 Å². The number of halogens is 3. The van der Waals surface area contributed by atoms with E-state index in [1.807, 2.05) is 0 Å². The van der Waals surface area contributed by atoms with Crippen LogP contribution in [0.15, 0.2) is 0 Å². The SMILES string of the molecule is CC(F)C(F)(F)C1CC(=O)NC1=O. The third-order valence-corrected chi connectivity index (χ3v) is 1.96. The lowest BCUT2D eigenvalue weighted by molar-refractivity contribution is -0.146. The highest BCUT2D eigenvalue weighted by Gasteiger charge is 2.53. The van der Waals surface area contributed by atoms with E-state index in [2.05, 4.69) is 0 Å². The maximum Gasteiger partial charge on any atom is 0.290 e. The highest BCUT2D eigenvalue weighted by Crippen LogP contribution is 2.34. The second-order valence-electron chi connectivity index (χ2n) is 2.96. The smallest absolute Gasteiger partial charge is 0.290 e. The molecule has 0 spiro atoms. The predicted octanol–water partition coefficient (Wildman–Crippen LogP) is 0.642. The van der Waals surface area contributed by atoms with Crippen LogP contribution >= 0.6 is 0 Å². The van der Waals surface area contributed by atoms with E-state index < -0.39 is 36.2 Å². The Bertz CT molecular complexity index is 252. The highest BCUT2D eigenvalue weighted by atomic mass is 19.3. The third kappa shape index (κ3) is 1.66. The number of alkyl halides is 3. The molecular formula is C7H8F3NO2. The van der Waals surface area contributed by atoms with E-state index in [-0.39, 0.29) is 0 Å². The first-order valence-corrected chi connectivity index (χ1v) is 3.71. The van der Waals surface area contributed by atoms with Crippen LogP contribution in [-0.2, 0) is 9.59 Å². The molecule has 13 heavy (non-hydrogen) atoms. The number of carbonyl (C=O) groups excluding carboxylic acids is 2. The summed E-state index contributed by atoms with van der Waals surface area (Å²) in [6.07, 6.45) is -3.07. The number of nitrogens with one attached hydrogen (secondary N) is 1. The summed E-state index contributed by atoms with van der Waals surface area (Å²) in [5, 5.41) is 1.70. The van der Waals surface area contributed by atoms with Crippen LogP contribution in [0.2, 0.25) is 0 Å². The van der Waals surface area contributed by atoms with E-state index in [1.165, 1.54) is 0 Å². The zero-order chi connectivity index (χ0) is 10.2.